The third-order valence-corrected chi connectivity index (χ3v) is 3.62. The molecule has 0 bridgehead atoms. The molecule has 0 aliphatic carbocycles. The second-order valence-electron chi connectivity index (χ2n) is 6.04. The summed E-state index contributed by atoms with van der Waals surface area (Å²) < 4.78 is 1.80. The van der Waals surface area contributed by atoms with Crippen LogP contribution in [0, 0.1) is 13.8 Å². The van der Waals surface area contributed by atoms with E-state index in [0.29, 0.717) is 18.7 Å². The number of carbonyl (C=O) groups excluding carboxylic acids is 1. The average molecular weight is 319 g/mol. The Bertz CT molecular complexity index is 708. The van der Waals surface area contributed by atoms with Crippen molar-refractivity contribution in [3.8, 4) is 0 Å². The number of aliphatic hydroxyl groups excluding tert-OH is 1. The standard InChI is InChI=1S/C16H25N5O2/c1-6-21-15-14(11(3)19-21)13(7-10(2)18-15)16(23)17-8-12(22)9-20(4)5/h7,12,22H,6,8-9H2,1-5H3,(H,17,23). The number of rotatable bonds is 6. The minimum absolute atomic E-state index is 0.209. The lowest BCUT2D eigenvalue weighted by molar-refractivity contribution is 0.0893. The summed E-state index contributed by atoms with van der Waals surface area (Å²) in [5, 5.41) is 17.9. The van der Waals surface area contributed by atoms with Gasteiger partial charge in [0.2, 0.25) is 0 Å². The van der Waals surface area contributed by atoms with Crippen LogP contribution >= 0.6 is 0 Å². The van der Waals surface area contributed by atoms with Gasteiger partial charge in [-0.1, -0.05) is 0 Å². The third-order valence-electron chi connectivity index (χ3n) is 3.62. The van der Waals surface area contributed by atoms with Crippen molar-refractivity contribution in [2.45, 2.75) is 33.4 Å². The lowest BCUT2D eigenvalue weighted by Crippen LogP contribution is -2.37. The molecule has 0 aliphatic rings. The molecule has 2 heterocycles. The fourth-order valence-corrected chi connectivity index (χ4v) is 2.67. The number of amides is 1. The van der Waals surface area contributed by atoms with Gasteiger partial charge < -0.3 is 15.3 Å². The molecular formula is C16H25N5O2. The molecule has 0 aliphatic heterocycles. The largest absolute Gasteiger partial charge is 0.390 e. The molecule has 2 N–H and O–H groups in total. The Hall–Kier alpha value is -1.99. The van der Waals surface area contributed by atoms with E-state index in [1.807, 2.05) is 39.8 Å². The van der Waals surface area contributed by atoms with Crippen LogP contribution in [-0.2, 0) is 6.54 Å². The number of nitrogens with zero attached hydrogens (tertiary/aromatic N) is 4. The van der Waals surface area contributed by atoms with Gasteiger partial charge in [0.05, 0.1) is 22.7 Å². The Kier molecular flexibility index (Phi) is 5.33. The molecule has 2 aromatic heterocycles. The van der Waals surface area contributed by atoms with Gasteiger partial charge in [0, 0.05) is 25.3 Å². The summed E-state index contributed by atoms with van der Waals surface area (Å²) in [6.07, 6.45) is -0.605. The smallest absolute Gasteiger partial charge is 0.252 e. The third kappa shape index (κ3) is 3.86. The highest BCUT2D eigenvalue weighted by Gasteiger charge is 2.19. The fourth-order valence-electron chi connectivity index (χ4n) is 2.67. The Morgan fingerprint density at radius 1 is 1.43 bits per heavy atom. The van der Waals surface area contributed by atoms with Crippen LogP contribution in [0.25, 0.3) is 11.0 Å². The van der Waals surface area contributed by atoms with Crippen LogP contribution in [0.1, 0.15) is 28.7 Å². The predicted molar refractivity (Wildman–Crippen MR) is 89.6 cm³/mol. The maximum absolute atomic E-state index is 12.6. The number of aromatic nitrogens is 3. The van der Waals surface area contributed by atoms with Gasteiger partial charge in [-0.3, -0.25) is 4.79 Å². The molecule has 126 valence electrons. The molecule has 7 nitrogen and oxygen atoms in total. The number of aliphatic hydroxyl groups is 1. The van der Waals surface area contributed by atoms with Gasteiger partial charge >= 0.3 is 0 Å². The quantitative estimate of drug-likeness (QED) is 0.820. The Balaban J connectivity index is 2.28. The first kappa shape index (κ1) is 17.4. The van der Waals surface area contributed by atoms with E-state index in [4.69, 9.17) is 0 Å². The van der Waals surface area contributed by atoms with Crippen molar-refractivity contribution in [3.05, 3.63) is 23.0 Å². The molecule has 2 rings (SSSR count). The number of nitrogens with one attached hydrogen (secondary N) is 1. The summed E-state index contributed by atoms with van der Waals surface area (Å²) in [5.74, 6) is -0.211. The number of carbonyl (C=O) groups is 1. The zero-order valence-electron chi connectivity index (χ0n) is 14.4. The summed E-state index contributed by atoms with van der Waals surface area (Å²) in [6, 6.07) is 1.77. The lowest BCUT2D eigenvalue weighted by atomic mass is 10.1. The van der Waals surface area contributed by atoms with E-state index in [0.717, 1.165) is 22.4 Å². The molecular weight excluding hydrogens is 294 g/mol. The molecule has 0 saturated carbocycles. The van der Waals surface area contributed by atoms with Crippen LogP contribution in [0.3, 0.4) is 0 Å². The second-order valence-corrected chi connectivity index (χ2v) is 6.04. The van der Waals surface area contributed by atoms with Gasteiger partial charge in [0.25, 0.3) is 5.91 Å². The van der Waals surface area contributed by atoms with Crippen LogP contribution < -0.4 is 5.32 Å². The summed E-state index contributed by atoms with van der Waals surface area (Å²) in [6.45, 7) is 7.14. The molecule has 0 radical (unpaired) electrons. The number of fused-ring (bicyclic) bond motifs is 1. The SMILES string of the molecule is CCn1nc(C)c2c(C(=O)NCC(O)CN(C)C)cc(C)nc21. The van der Waals surface area contributed by atoms with E-state index in [1.54, 1.807) is 10.7 Å². The minimum Gasteiger partial charge on any atom is -0.390 e. The van der Waals surface area contributed by atoms with Crippen molar-refractivity contribution < 1.29 is 9.90 Å². The topological polar surface area (TPSA) is 83.3 Å². The zero-order valence-corrected chi connectivity index (χ0v) is 14.4. The maximum atomic E-state index is 12.6. The Labute approximate surface area is 136 Å². The van der Waals surface area contributed by atoms with Crippen molar-refractivity contribution >= 4 is 16.9 Å². The van der Waals surface area contributed by atoms with Gasteiger partial charge in [0.1, 0.15) is 0 Å². The molecule has 0 saturated heterocycles. The van der Waals surface area contributed by atoms with E-state index in [-0.39, 0.29) is 12.5 Å². The van der Waals surface area contributed by atoms with Crippen molar-refractivity contribution in [1.29, 1.82) is 0 Å². The first-order valence-corrected chi connectivity index (χ1v) is 7.79. The van der Waals surface area contributed by atoms with E-state index >= 15 is 0 Å². The van der Waals surface area contributed by atoms with Crippen LogP contribution in [0.5, 0.6) is 0 Å². The molecule has 7 heteroatoms. The van der Waals surface area contributed by atoms with E-state index in [2.05, 4.69) is 15.4 Å². The minimum atomic E-state index is -0.605. The summed E-state index contributed by atoms with van der Waals surface area (Å²) >= 11 is 0. The van der Waals surface area contributed by atoms with E-state index in [1.165, 1.54) is 0 Å². The van der Waals surface area contributed by atoms with Crippen molar-refractivity contribution in [1.82, 2.24) is 25.0 Å². The second kappa shape index (κ2) is 7.06. The van der Waals surface area contributed by atoms with E-state index in [9.17, 15) is 9.90 Å². The van der Waals surface area contributed by atoms with Crippen LogP contribution in [-0.4, -0.2) is 64.0 Å². The average Bonchev–Trinajstić information content (AvgIpc) is 2.79. The van der Waals surface area contributed by atoms with Gasteiger partial charge in [-0.25, -0.2) is 9.67 Å². The molecule has 1 amide bonds. The van der Waals surface area contributed by atoms with Gasteiger partial charge in [-0.2, -0.15) is 5.10 Å². The maximum Gasteiger partial charge on any atom is 0.252 e. The predicted octanol–water partition coefficient (Wildman–Crippen LogP) is 0.720. The number of hydrogen-bond donors (Lipinski definition) is 2. The number of hydrogen-bond acceptors (Lipinski definition) is 5. The molecule has 2 aromatic rings. The van der Waals surface area contributed by atoms with E-state index < -0.39 is 6.10 Å². The first-order valence-electron chi connectivity index (χ1n) is 7.79. The molecule has 1 atom stereocenters. The highest BCUT2D eigenvalue weighted by Crippen LogP contribution is 2.22. The monoisotopic (exact) mass is 319 g/mol. The van der Waals surface area contributed by atoms with Gasteiger partial charge in [-0.05, 0) is 40.9 Å². The summed E-state index contributed by atoms with van der Waals surface area (Å²) in [7, 11) is 3.76. The van der Waals surface area contributed by atoms with Gasteiger partial charge in [-0.15, -0.1) is 0 Å². The van der Waals surface area contributed by atoms with Crippen molar-refractivity contribution in [3.63, 3.8) is 0 Å². The van der Waals surface area contributed by atoms with Crippen LogP contribution in [0.15, 0.2) is 6.07 Å². The molecule has 1 unspecified atom stereocenters. The normalized spacial score (nSPS) is 12.8. The molecule has 0 fully saturated rings. The Morgan fingerprint density at radius 2 is 2.13 bits per heavy atom. The zero-order chi connectivity index (χ0) is 17.1. The first-order chi connectivity index (χ1) is 10.8. The molecule has 23 heavy (non-hydrogen) atoms. The van der Waals surface area contributed by atoms with Gasteiger partial charge in [0.15, 0.2) is 5.65 Å². The highest BCUT2D eigenvalue weighted by atomic mass is 16.3. The molecule has 0 spiro atoms. The molecule has 0 aromatic carbocycles. The summed E-state index contributed by atoms with van der Waals surface area (Å²) in [4.78, 5) is 18.9. The lowest BCUT2D eigenvalue weighted by Gasteiger charge is -2.16. The van der Waals surface area contributed by atoms with Crippen LogP contribution in [0.2, 0.25) is 0 Å². The number of pyridine rings is 1. The number of aryl methyl sites for hydroxylation is 3. The van der Waals surface area contributed by atoms with Crippen molar-refractivity contribution in [2.75, 3.05) is 27.2 Å². The van der Waals surface area contributed by atoms with Crippen LogP contribution in [0.4, 0.5) is 0 Å². The number of likely N-dealkylation sites (N-methyl/N-ethyl adjacent to an activating group) is 1. The summed E-state index contributed by atoms with van der Waals surface area (Å²) in [5.41, 5.74) is 2.84. The fraction of sp³-hybridized carbons (Fsp3) is 0.562. The highest BCUT2D eigenvalue weighted by molar-refractivity contribution is 6.06. The van der Waals surface area contributed by atoms with Crippen molar-refractivity contribution in [2.24, 2.45) is 0 Å². The Morgan fingerprint density at radius 3 is 2.74 bits per heavy atom.